The van der Waals surface area contributed by atoms with E-state index >= 15 is 0 Å². The molecule has 0 fully saturated rings. The van der Waals surface area contributed by atoms with Crippen LogP contribution in [-0.4, -0.2) is 15.8 Å². The Balaban J connectivity index is 2.12. The molecule has 4 nitrogen and oxygen atoms in total. The number of hydrogen-bond donors (Lipinski definition) is 2. The van der Waals surface area contributed by atoms with Crippen LogP contribution in [0.5, 0.6) is 0 Å². The van der Waals surface area contributed by atoms with Crippen molar-refractivity contribution in [3.63, 3.8) is 0 Å². The number of nitrogens with zero attached hydrogens (tertiary/aromatic N) is 2. The first kappa shape index (κ1) is 16.7. The second-order valence-electron chi connectivity index (χ2n) is 5.08. The zero-order valence-electron chi connectivity index (χ0n) is 12.2. The van der Waals surface area contributed by atoms with Gasteiger partial charge in [0.05, 0.1) is 15.9 Å². The molecule has 0 spiro atoms. The van der Waals surface area contributed by atoms with Crippen LogP contribution in [-0.2, 0) is 26.3 Å². The van der Waals surface area contributed by atoms with E-state index in [4.69, 9.17) is 5.84 Å². The van der Waals surface area contributed by atoms with Crippen molar-refractivity contribution in [3.05, 3.63) is 50.2 Å². The van der Waals surface area contributed by atoms with Gasteiger partial charge in [0.25, 0.3) is 0 Å². The standard InChI is InChI=1S/C15H20Br2N4/c1-3-13-15(17)14(21(2)20-13)9-12(19-18)8-10-4-6-11(16)7-5-10/h4-7,12,19H,3,8-9,18H2,1-2H3. The Bertz CT molecular complexity index is 592. The lowest BCUT2D eigenvalue weighted by molar-refractivity contribution is 0.504. The van der Waals surface area contributed by atoms with Crippen LogP contribution in [0.2, 0.25) is 0 Å². The van der Waals surface area contributed by atoms with Crippen molar-refractivity contribution in [1.29, 1.82) is 0 Å². The summed E-state index contributed by atoms with van der Waals surface area (Å²) >= 11 is 7.11. The molecule has 0 bridgehead atoms. The minimum atomic E-state index is 0.169. The van der Waals surface area contributed by atoms with Gasteiger partial charge in [-0.05, 0) is 46.5 Å². The van der Waals surface area contributed by atoms with Gasteiger partial charge in [-0.1, -0.05) is 35.0 Å². The highest BCUT2D eigenvalue weighted by molar-refractivity contribution is 9.10. The summed E-state index contributed by atoms with van der Waals surface area (Å²) in [6.45, 7) is 2.11. The third-order valence-electron chi connectivity index (χ3n) is 3.57. The maximum Gasteiger partial charge on any atom is 0.0766 e. The second-order valence-corrected chi connectivity index (χ2v) is 6.79. The summed E-state index contributed by atoms with van der Waals surface area (Å²) in [5, 5.41) is 4.53. The van der Waals surface area contributed by atoms with Crippen LogP contribution >= 0.6 is 31.9 Å². The first-order chi connectivity index (χ1) is 10.0. The Morgan fingerprint density at radius 3 is 2.43 bits per heavy atom. The number of nitrogens with two attached hydrogens (primary N) is 1. The molecule has 21 heavy (non-hydrogen) atoms. The smallest absolute Gasteiger partial charge is 0.0766 e. The van der Waals surface area contributed by atoms with Gasteiger partial charge in [-0.25, -0.2) is 0 Å². The predicted molar refractivity (Wildman–Crippen MR) is 92.9 cm³/mol. The highest BCUT2D eigenvalue weighted by atomic mass is 79.9. The van der Waals surface area contributed by atoms with Crippen molar-refractivity contribution in [3.8, 4) is 0 Å². The number of rotatable bonds is 6. The van der Waals surface area contributed by atoms with E-state index in [-0.39, 0.29) is 6.04 Å². The summed E-state index contributed by atoms with van der Waals surface area (Å²) in [5.41, 5.74) is 6.44. The molecule has 0 radical (unpaired) electrons. The van der Waals surface area contributed by atoms with Crippen LogP contribution in [0.3, 0.4) is 0 Å². The second kappa shape index (κ2) is 7.54. The van der Waals surface area contributed by atoms with E-state index < -0.39 is 0 Å². The minimum Gasteiger partial charge on any atom is -0.271 e. The van der Waals surface area contributed by atoms with Crippen molar-refractivity contribution in [2.75, 3.05) is 0 Å². The van der Waals surface area contributed by atoms with Crippen LogP contribution in [0.25, 0.3) is 0 Å². The third-order valence-corrected chi connectivity index (χ3v) is 5.02. The average Bonchev–Trinajstić information content (AvgIpc) is 2.75. The monoisotopic (exact) mass is 414 g/mol. The summed E-state index contributed by atoms with van der Waals surface area (Å²) in [5.74, 6) is 5.73. The molecule has 0 saturated carbocycles. The lowest BCUT2D eigenvalue weighted by atomic mass is 10.0. The fourth-order valence-electron chi connectivity index (χ4n) is 2.37. The Morgan fingerprint density at radius 2 is 1.90 bits per heavy atom. The molecule has 0 amide bonds. The number of hydrogen-bond acceptors (Lipinski definition) is 3. The van der Waals surface area contributed by atoms with Gasteiger partial charge in [0.15, 0.2) is 0 Å². The number of aromatic nitrogens is 2. The lowest BCUT2D eigenvalue weighted by Crippen LogP contribution is -2.39. The van der Waals surface area contributed by atoms with Gasteiger partial charge in [0.1, 0.15) is 0 Å². The summed E-state index contributed by atoms with van der Waals surface area (Å²) in [6.07, 6.45) is 2.63. The van der Waals surface area contributed by atoms with E-state index in [1.54, 1.807) is 0 Å². The van der Waals surface area contributed by atoms with Gasteiger partial charge >= 0.3 is 0 Å². The van der Waals surface area contributed by atoms with Crippen molar-refractivity contribution < 1.29 is 0 Å². The van der Waals surface area contributed by atoms with E-state index in [2.05, 4.69) is 73.6 Å². The van der Waals surface area contributed by atoms with Crippen LogP contribution < -0.4 is 11.3 Å². The zero-order chi connectivity index (χ0) is 15.4. The molecule has 1 aromatic heterocycles. The largest absolute Gasteiger partial charge is 0.271 e. The third kappa shape index (κ3) is 4.16. The van der Waals surface area contributed by atoms with Gasteiger partial charge in [-0.3, -0.25) is 16.0 Å². The lowest BCUT2D eigenvalue weighted by Gasteiger charge is -2.16. The molecule has 1 heterocycles. The molecule has 1 atom stereocenters. The summed E-state index contributed by atoms with van der Waals surface area (Å²) in [4.78, 5) is 0. The molecular formula is C15H20Br2N4. The fourth-order valence-corrected chi connectivity index (χ4v) is 3.41. The Morgan fingerprint density at radius 1 is 1.24 bits per heavy atom. The van der Waals surface area contributed by atoms with Crippen LogP contribution in [0.1, 0.15) is 23.9 Å². The molecule has 0 aliphatic rings. The molecule has 3 N–H and O–H groups in total. The van der Waals surface area contributed by atoms with Gasteiger partial charge in [0, 0.05) is 24.0 Å². The molecule has 0 aliphatic heterocycles. The molecule has 1 aromatic carbocycles. The molecule has 6 heteroatoms. The van der Waals surface area contributed by atoms with Gasteiger partial charge in [-0.15, -0.1) is 0 Å². The Labute approximate surface area is 142 Å². The molecule has 114 valence electrons. The molecule has 0 aliphatic carbocycles. The van der Waals surface area contributed by atoms with Crippen LogP contribution in [0.15, 0.2) is 33.2 Å². The average molecular weight is 416 g/mol. The minimum absolute atomic E-state index is 0.169. The highest BCUT2D eigenvalue weighted by Crippen LogP contribution is 2.23. The first-order valence-electron chi connectivity index (χ1n) is 6.96. The molecule has 2 aromatic rings. The molecular weight excluding hydrogens is 396 g/mol. The number of nitrogens with one attached hydrogen (secondary N) is 1. The van der Waals surface area contributed by atoms with E-state index in [9.17, 15) is 0 Å². The summed E-state index contributed by atoms with van der Waals surface area (Å²) in [6, 6.07) is 8.51. The molecule has 2 rings (SSSR count). The maximum atomic E-state index is 5.73. The van der Waals surface area contributed by atoms with Crippen LogP contribution in [0, 0.1) is 0 Å². The normalized spacial score (nSPS) is 12.6. The number of benzene rings is 1. The van der Waals surface area contributed by atoms with Gasteiger partial charge in [-0.2, -0.15) is 5.10 Å². The molecule has 1 unspecified atom stereocenters. The quantitative estimate of drug-likeness (QED) is 0.562. The van der Waals surface area contributed by atoms with Crippen molar-refractivity contribution in [1.82, 2.24) is 15.2 Å². The Kier molecular flexibility index (Phi) is 5.98. The number of aryl methyl sites for hydroxylation is 2. The highest BCUT2D eigenvalue weighted by Gasteiger charge is 2.17. The van der Waals surface area contributed by atoms with Crippen LogP contribution in [0.4, 0.5) is 0 Å². The van der Waals surface area contributed by atoms with Gasteiger partial charge < -0.3 is 0 Å². The van der Waals surface area contributed by atoms with Crippen molar-refractivity contribution in [2.24, 2.45) is 12.9 Å². The Hall–Kier alpha value is -0.690. The van der Waals surface area contributed by atoms with Crippen molar-refractivity contribution in [2.45, 2.75) is 32.2 Å². The van der Waals surface area contributed by atoms with Crippen molar-refractivity contribution >= 4 is 31.9 Å². The molecule has 0 saturated heterocycles. The first-order valence-corrected chi connectivity index (χ1v) is 8.54. The summed E-state index contributed by atoms with van der Waals surface area (Å²) < 4.78 is 4.13. The van der Waals surface area contributed by atoms with E-state index in [1.807, 2.05) is 11.7 Å². The SMILES string of the molecule is CCc1nn(C)c(CC(Cc2ccc(Br)cc2)NN)c1Br. The van der Waals surface area contributed by atoms with E-state index in [0.717, 1.165) is 33.9 Å². The number of halogens is 2. The van der Waals surface area contributed by atoms with E-state index in [1.165, 1.54) is 11.3 Å². The van der Waals surface area contributed by atoms with Gasteiger partial charge in [0.2, 0.25) is 0 Å². The van der Waals surface area contributed by atoms with E-state index in [0.29, 0.717) is 0 Å². The maximum absolute atomic E-state index is 5.73. The number of hydrazine groups is 1. The fraction of sp³-hybridized carbons (Fsp3) is 0.400. The summed E-state index contributed by atoms with van der Waals surface area (Å²) in [7, 11) is 1.98. The predicted octanol–water partition coefficient (Wildman–Crippen LogP) is 3.12. The topological polar surface area (TPSA) is 55.9 Å². The zero-order valence-corrected chi connectivity index (χ0v) is 15.4.